The van der Waals surface area contributed by atoms with Crippen LogP contribution in [0.4, 0.5) is 20.2 Å². The lowest BCUT2D eigenvalue weighted by Crippen LogP contribution is -1.96. The number of nitro groups is 1. The quantitative estimate of drug-likeness (QED) is 0.505. The van der Waals surface area contributed by atoms with Gasteiger partial charge in [-0.2, -0.15) is 0 Å². The summed E-state index contributed by atoms with van der Waals surface area (Å²) in [6, 6.07) is 6.73. The Balaban J connectivity index is 2.61. The zero-order chi connectivity index (χ0) is 13.3. The summed E-state index contributed by atoms with van der Waals surface area (Å²) in [5.74, 6) is -1.28. The van der Waals surface area contributed by atoms with E-state index < -0.39 is 16.6 Å². The minimum Gasteiger partial charge on any atom is -0.393 e. The molecule has 0 aromatic heterocycles. The standard InChI is InChI=1S/C12H8F2N2O2/c13-8-2-3-10(14)9(6-8)7-1-4-11(15)12(5-7)16(17)18/h1-6H,15H2. The van der Waals surface area contributed by atoms with Crippen molar-refractivity contribution >= 4 is 11.4 Å². The maximum atomic E-state index is 13.5. The lowest BCUT2D eigenvalue weighted by Gasteiger charge is -2.05. The van der Waals surface area contributed by atoms with Crippen LogP contribution in [-0.2, 0) is 0 Å². The van der Waals surface area contributed by atoms with Gasteiger partial charge in [0, 0.05) is 11.6 Å². The molecule has 18 heavy (non-hydrogen) atoms. The molecule has 0 spiro atoms. The number of rotatable bonds is 2. The molecule has 0 unspecified atom stereocenters. The molecule has 92 valence electrons. The maximum absolute atomic E-state index is 13.5. The first-order chi connectivity index (χ1) is 8.49. The number of halogens is 2. The second kappa shape index (κ2) is 4.40. The Morgan fingerprint density at radius 3 is 2.50 bits per heavy atom. The molecule has 4 nitrogen and oxygen atoms in total. The summed E-state index contributed by atoms with van der Waals surface area (Å²) in [7, 11) is 0. The van der Waals surface area contributed by atoms with E-state index in [4.69, 9.17) is 5.73 Å². The number of anilines is 1. The normalized spacial score (nSPS) is 10.3. The molecular formula is C12H8F2N2O2. The predicted molar refractivity (Wildman–Crippen MR) is 62.9 cm³/mol. The van der Waals surface area contributed by atoms with Crippen molar-refractivity contribution in [2.75, 3.05) is 5.73 Å². The summed E-state index contributed by atoms with van der Waals surface area (Å²) in [6.07, 6.45) is 0. The predicted octanol–water partition coefficient (Wildman–Crippen LogP) is 3.12. The highest BCUT2D eigenvalue weighted by Gasteiger charge is 2.15. The van der Waals surface area contributed by atoms with E-state index >= 15 is 0 Å². The van der Waals surface area contributed by atoms with Crippen molar-refractivity contribution in [2.24, 2.45) is 0 Å². The molecule has 2 aromatic carbocycles. The Kier molecular flexibility index (Phi) is 2.93. The summed E-state index contributed by atoms with van der Waals surface area (Å²) in [6.45, 7) is 0. The molecule has 0 atom stereocenters. The van der Waals surface area contributed by atoms with Crippen molar-refractivity contribution in [3.05, 3.63) is 58.1 Å². The average Bonchev–Trinajstić information content (AvgIpc) is 2.33. The number of nitro benzene ring substituents is 1. The zero-order valence-electron chi connectivity index (χ0n) is 9.06. The smallest absolute Gasteiger partial charge is 0.292 e. The number of hydrogen-bond acceptors (Lipinski definition) is 3. The van der Waals surface area contributed by atoms with Gasteiger partial charge in [-0.15, -0.1) is 0 Å². The Labute approximate surface area is 101 Å². The molecule has 0 aliphatic heterocycles. The minimum absolute atomic E-state index is 0.0273. The Hall–Kier alpha value is -2.50. The largest absolute Gasteiger partial charge is 0.393 e. The molecule has 0 aliphatic carbocycles. The first-order valence-corrected chi connectivity index (χ1v) is 4.98. The number of benzene rings is 2. The van der Waals surface area contributed by atoms with Crippen molar-refractivity contribution in [1.82, 2.24) is 0 Å². The van der Waals surface area contributed by atoms with Crippen LogP contribution in [0.25, 0.3) is 11.1 Å². The van der Waals surface area contributed by atoms with Crippen molar-refractivity contribution < 1.29 is 13.7 Å². The van der Waals surface area contributed by atoms with E-state index in [0.29, 0.717) is 0 Å². The van der Waals surface area contributed by atoms with Gasteiger partial charge in [0.1, 0.15) is 17.3 Å². The van der Waals surface area contributed by atoms with Crippen LogP contribution in [0.3, 0.4) is 0 Å². The van der Waals surface area contributed by atoms with Gasteiger partial charge in [-0.05, 0) is 29.8 Å². The van der Waals surface area contributed by atoms with Crippen LogP contribution in [-0.4, -0.2) is 4.92 Å². The second-order valence-electron chi connectivity index (χ2n) is 3.65. The van der Waals surface area contributed by atoms with Crippen molar-refractivity contribution in [3.8, 4) is 11.1 Å². The first kappa shape index (κ1) is 12.0. The van der Waals surface area contributed by atoms with Gasteiger partial charge in [-0.1, -0.05) is 6.07 Å². The molecule has 0 aliphatic rings. The van der Waals surface area contributed by atoms with E-state index in [9.17, 15) is 18.9 Å². The Bertz CT molecular complexity index is 629. The highest BCUT2D eigenvalue weighted by molar-refractivity contribution is 5.72. The Morgan fingerprint density at radius 2 is 1.83 bits per heavy atom. The van der Waals surface area contributed by atoms with Gasteiger partial charge in [-0.3, -0.25) is 10.1 Å². The van der Waals surface area contributed by atoms with Crippen LogP contribution < -0.4 is 5.73 Å². The van der Waals surface area contributed by atoms with Gasteiger partial charge in [0.2, 0.25) is 0 Å². The van der Waals surface area contributed by atoms with Crippen molar-refractivity contribution in [2.45, 2.75) is 0 Å². The Morgan fingerprint density at radius 1 is 1.11 bits per heavy atom. The zero-order valence-corrected chi connectivity index (χ0v) is 9.06. The molecular weight excluding hydrogens is 242 g/mol. The lowest BCUT2D eigenvalue weighted by molar-refractivity contribution is -0.383. The molecule has 2 rings (SSSR count). The van der Waals surface area contributed by atoms with Crippen LogP contribution in [0.1, 0.15) is 0 Å². The highest BCUT2D eigenvalue weighted by Crippen LogP contribution is 2.30. The third-order valence-electron chi connectivity index (χ3n) is 2.47. The topological polar surface area (TPSA) is 69.2 Å². The van der Waals surface area contributed by atoms with Gasteiger partial charge in [0.15, 0.2) is 0 Å². The van der Waals surface area contributed by atoms with Gasteiger partial charge in [0.25, 0.3) is 5.69 Å². The molecule has 0 amide bonds. The third-order valence-corrected chi connectivity index (χ3v) is 2.47. The summed E-state index contributed by atoms with van der Waals surface area (Å²) in [5, 5.41) is 10.7. The maximum Gasteiger partial charge on any atom is 0.292 e. The number of nitrogen functional groups attached to an aromatic ring is 1. The van der Waals surface area contributed by atoms with E-state index in [1.54, 1.807) is 0 Å². The summed E-state index contributed by atoms with van der Waals surface area (Å²) < 4.78 is 26.6. The van der Waals surface area contributed by atoms with Crippen molar-refractivity contribution in [1.29, 1.82) is 0 Å². The molecule has 0 fully saturated rings. The molecule has 0 saturated carbocycles. The van der Waals surface area contributed by atoms with E-state index in [1.807, 2.05) is 0 Å². The number of nitrogens with two attached hydrogens (primary N) is 1. The molecule has 0 radical (unpaired) electrons. The van der Waals surface area contributed by atoms with Crippen LogP contribution >= 0.6 is 0 Å². The first-order valence-electron chi connectivity index (χ1n) is 4.98. The van der Waals surface area contributed by atoms with E-state index in [0.717, 1.165) is 24.3 Å². The van der Waals surface area contributed by atoms with E-state index in [2.05, 4.69) is 0 Å². The monoisotopic (exact) mass is 250 g/mol. The molecule has 0 bridgehead atoms. The third kappa shape index (κ3) is 2.13. The SMILES string of the molecule is Nc1ccc(-c2cc(F)ccc2F)cc1[N+](=O)[O-]. The molecule has 0 heterocycles. The summed E-state index contributed by atoms with van der Waals surface area (Å²) >= 11 is 0. The number of hydrogen-bond donors (Lipinski definition) is 1. The van der Waals surface area contributed by atoms with Gasteiger partial charge in [0.05, 0.1) is 4.92 Å². The van der Waals surface area contributed by atoms with Crippen molar-refractivity contribution in [3.63, 3.8) is 0 Å². The van der Waals surface area contributed by atoms with Crippen LogP contribution in [0.2, 0.25) is 0 Å². The van der Waals surface area contributed by atoms with Crippen LogP contribution in [0.5, 0.6) is 0 Å². The van der Waals surface area contributed by atoms with Gasteiger partial charge in [-0.25, -0.2) is 8.78 Å². The fraction of sp³-hybridized carbons (Fsp3) is 0. The van der Waals surface area contributed by atoms with Crippen LogP contribution in [0, 0.1) is 21.7 Å². The van der Waals surface area contributed by atoms with E-state index in [-0.39, 0.29) is 22.5 Å². The summed E-state index contributed by atoms with van der Waals surface area (Å²) in [4.78, 5) is 10.0. The lowest BCUT2D eigenvalue weighted by atomic mass is 10.0. The van der Waals surface area contributed by atoms with Gasteiger partial charge < -0.3 is 5.73 Å². The molecule has 6 heteroatoms. The number of nitrogens with zero attached hydrogens (tertiary/aromatic N) is 1. The van der Waals surface area contributed by atoms with Gasteiger partial charge >= 0.3 is 0 Å². The molecule has 2 aromatic rings. The molecule has 0 saturated heterocycles. The van der Waals surface area contributed by atoms with Crippen LogP contribution in [0.15, 0.2) is 36.4 Å². The minimum atomic E-state index is -0.671. The second-order valence-corrected chi connectivity index (χ2v) is 3.65. The fourth-order valence-corrected chi connectivity index (χ4v) is 1.59. The van der Waals surface area contributed by atoms with E-state index in [1.165, 1.54) is 12.1 Å². The summed E-state index contributed by atoms with van der Waals surface area (Å²) in [5.41, 5.74) is 5.22. The average molecular weight is 250 g/mol. The molecule has 2 N–H and O–H groups in total. The highest BCUT2D eigenvalue weighted by atomic mass is 19.1. The fourth-order valence-electron chi connectivity index (χ4n) is 1.59.